The predicted octanol–water partition coefficient (Wildman–Crippen LogP) is 3.44. The van der Waals surface area contributed by atoms with Crippen LogP contribution >= 0.6 is 23.7 Å². The number of thiazole rings is 1. The second-order valence-electron chi connectivity index (χ2n) is 5.27. The molecular weight excluding hydrogens is 306 g/mol. The number of hydrogen-bond donors (Lipinski definition) is 2. The number of benzene rings is 1. The molecule has 0 aliphatic carbocycles. The van der Waals surface area contributed by atoms with Crippen molar-refractivity contribution in [2.45, 2.75) is 25.7 Å². The highest BCUT2D eigenvalue weighted by Gasteiger charge is 2.15. The summed E-state index contributed by atoms with van der Waals surface area (Å²) in [6.07, 6.45) is 3.96. The number of hydrogen-bond acceptors (Lipinski definition) is 4. The normalized spacial score (nSPS) is 15.6. The summed E-state index contributed by atoms with van der Waals surface area (Å²) >= 11 is 1.53. The number of nitrogens with one attached hydrogen (secondary N) is 2. The Balaban J connectivity index is 0.00000161. The van der Waals surface area contributed by atoms with Crippen molar-refractivity contribution in [3.05, 3.63) is 24.3 Å². The molecule has 21 heavy (non-hydrogen) atoms. The number of aromatic nitrogens is 1. The number of carbonyl (C=O) groups excluding carboxylic acids is 1. The van der Waals surface area contributed by atoms with Gasteiger partial charge in [0.2, 0.25) is 5.91 Å². The Bertz CT molecular complexity index is 562. The highest BCUT2D eigenvalue weighted by atomic mass is 35.5. The number of para-hydroxylation sites is 1. The molecular formula is C15H20ClN3OS. The lowest BCUT2D eigenvalue weighted by atomic mass is 9.93. The fraction of sp³-hybridized carbons (Fsp3) is 0.467. The Morgan fingerprint density at radius 1 is 1.33 bits per heavy atom. The minimum Gasteiger partial charge on any atom is -0.317 e. The van der Waals surface area contributed by atoms with Crippen molar-refractivity contribution in [3.63, 3.8) is 0 Å². The molecule has 1 amide bonds. The van der Waals surface area contributed by atoms with E-state index in [9.17, 15) is 4.79 Å². The molecule has 2 heterocycles. The van der Waals surface area contributed by atoms with E-state index in [2.05, 4.69) is 15.6 Å². The Hall–Kier alpha value is -1.17. The van der Waals surface area contributed by atoms with Gasteiger partial charge in [0.1, 0.15) is 0 Å². The summed E-state index contributed by atoms with van der Waals surface area (Å²) in [6, 6.07) is 7.95. The fourth-order valence-electron chi connectivity index (χ4n) is 2.61. The summed E-state index contributed by atoms with van der Waals surface area (Å²) in [5.74, 6) is 0.778. The van der Waals surface area contributed by atoms with Crippen molar-refractivity contribution in [2.24, 2.45) is 5.92 Å². The van der Waals surface area contributed by atoms with Crippen LogP contribution < -0.4 is 10.6 Å². The van der Waals surface area contributed by atoms with Crippen molar-refractivity contribution in [1.82, 2.24) is 10.3 Å². The van der Waals surface area contributed by atoms with E-state index in [1.807, 2.05) is 24.3 Å². The minimum atomic E-state index is 0. The van der Waals surface area contributed by atoms with Crippen LogP contribution in [0.3, 0.4) is 0 Å². The third-order valence-electron chi connectivity index (χ3n) is 3.78. The first kappa shape index (κ1) is 16.2. The molecule has 0 saturated carbocycles. The highest BCUT2D eigenvalue weighted by Crippen LogP contribution is 2.26. The zero-order chi connectivity index (χ0) is 13.8. The van der Waals surface area contributed by atoms with Gasteiger partial charge >= 0.3 is 0 Å². The summed E-state index contributed by atoms with van der Waals surface area (Å²) in [7, 11) is 0. The number of carbonyl (C=O) groups is 1. The molecule has 0 radical (unpaired) electrons. The second-order valence-corrected chi connectivity index (χ2v) is 6.30. The fourth-order valence-corrected chi connectivity index (χ4v) is 3.50. The molecule has 2 N–H and O–H groups in total. The van der Waals surface area contributed by atoms with Gasteiger partial charge in [0.25, 0.3) is 0 Å². The first-order valence-corrected chi connectivity index (χ1v) is 7.99. The van der Waals surface area contributed by atoms with Crippen molar-refractivity contribution in [1.29, 1.82) is 0 Å². The van der Waals surface area contributed by atoms with Gasteiger partial charge < -0.3 is 10.6 Å². The number of anilines is 1. The molecule has 1 fully saturated rings. The van der Waals surface area contributed by atoms with Crippen LogP contribution in [0.2, 0.25) is 0 Å². The van der Waals surface area contributed by atoms with E-state index in [1.54, 1.807) is 0 Å². The third-order valence-corrected chi connectivity index (χ3v) is 4.73. The summed E-state index contributed by atoms with van der Waals surface area (Å²) in [6.45, 7) is 2.17. The lowest BCUT2D eigenvalue weighted by Gasteiger charge is -2.21. The molecule has 114 valence electrons. The Labute approximate surface area is 134 Å². The van der Waals surface area contributed by atoms with Crippen LogP contribution in [-0.4, -0.2) is 24.0 Å². The molecule has 2 aromatic rings. The molecule has 1 aliphatic rings. The zero-order valence-corrected chi connectivity index (χ0v) is 13.4. The van der Waals surface area contributed by atoms with Gasteiger partial charge in [-0.2, -0.15) is 0 Å². The van der Waals surface area contributed by atoms with Crippen molar-refractivity contribution >= 4 is 45.0 Å². The molecule has 0 atom stereocenters. The smallest absolute Gasteiger partial charge is 0.226 e. The molecule has 1 aromatic heterocycles. The molecule has 1 saturated heterocycles. The van der Waals surface area contributed by atoms with Crippen LogP contribution in [-0.2, 0) is 4.79 Å². The lowest BCUT2D eigenvalue weighted by Crippen LogP contribution is -2.28. The van der Waals surface area contributed by atoms with Crippen LogP contribution in [0.25, 0.3) is 10.2 Å². The Morgan fingerprint density at radius 3 is 2.86 bits per heavy atom. The number of piperidine rings is 1. The molecule has 6 heteroatoms. The van der Waals surface area contributed by atoms with Gasteiger partial charge in [-0.1, -0.05) is 23.5 Å². The summed E-state index contributed by atoms with van der Waals surface area (Å²) < 4.78 is 1.11. The van der Waals surface area contributed by atoms with Gasteiger partial charge in [0.05, 0.1) is 10.2 Å². The van der Waals surface area contributed by atoms with Crippen molar-refractivity contribution in [2.75, 3.05) is 18.4 Å². The zero-order valence-electron chi connectivity index (χ0n) is 11.8. The molecule has 0 spiro atoms. The van der Waals surface area contributed by atoms with Gasteiger partial charge in [0, 0.05) is 6.42 Å². The third kappa shape index (κ3) is 4.40. The highest BCUT2D eigenvalue weighted by molar-refractivity contribution is 7.22. The van der Waals surface area contributed by atoms with Crippen LogP contribution in [0, 0.1) is 5.92 Å². The maximum absolute atomic E-state index is 12.0. The predicted molar refractivity (Wildman–Crippen MR) is 90.3 cm³/mol. The number of rotatable bonds is 4. The van der Waals surface area contributed by atoms with Crippen LogP contribution in [0.4, 0.5) is 5.13 Å². The van der Waals surface area contributed by atoms with E-state index in [0.29, 0.717) is 17.5 Å². The molecule has 1 aromatic carbocycles. The summed E-state index contributed by atoms with van der Waals surface area (Å²) in [5.41, 5.74) is 0.950. The number of fused-ring (bicyclic) bond motifs is 1. The largest absolute Gasteiger partial charge is 0.317 e. The lowest BCUT2D eigenvalue weighted by molar-refractivity contribution is -0.116. The van der Waals surface area contributed by atoms with Gasteiger partial charge in [-0.15, -0.1) is 12.4 Å². The maximum Gasteiger partial charge on any atom is 0.226 e. The molecule has 3 rings (SSSR count). The van der Waals surface area contributed by atoms with E-state index in [1.165, 1.54) is 24.2 Å². The second kappa shape index (κ2) is 7.73. The van der Waals surface area contributed by atoms with E-state index in [0.717, 1.165) is 29.7 Å². The van der Waals surface area contributed by atoms with Gasteiger partial charge in [-0.3, -0.25) is 4.79 Å². The van der Waals surface area contributed by atoms with Crippen molar-refractivity contribution < 1.29 is 4.79 Å². The average molecular weight is 326 g/mol. The number of halogens is 1. The molecule has 4 nitrogen and oxygen atoms in total. The van der Waals surface area contributed by atoms with Crippen LogP contribution in [0.1, 0.15) is 25.7 Å². The Kier molecular flexibility index (Phi) is 5.96. The number of nitrogens with zero attached hydrogens (tertiary/aromatic N) is 1. The standard InChI is InChI=1S/C15H19N3OS.ClH/c19-14(6-5-11-7-9-16-10-8-11)18-15-17-12-3-1-2-4-13(12)20-15;/h1-4,11,16H,5-10H2,(H,17,18,19);1H. The number of amides is 1. The quantitative estimate of drug-likeness (QED) is 0.905. The monoisotopic (exact) mass is 325 g/mol. The van der Waals surface area contributed by atoms with E-state index < -0.39 is 0 Å². The maximum atomic E-state index is 12.0. The van der Waals surface area contributed by atoms with Crippen LogP contribution in [0.5, 0.6) is 0 Å². The minimum absolute atomic E-state index is 0. The molecule has 1 aliphatic heterocycles. The van der Waals surface area contributed by atoms with Crippen molar-refractivity contribution in [3.8, 4) is 0 Å². The van der Waals surface area contributed by atoms with Crippen LogP contribution in [0.15, 0.2) is 24.3 Å². The molecule has 0 bridgehead atoms. The summed E-state index contributed by atoms with van der Waals surface area (Å²) in [5, 5.41) is 6.98. The average Bonchev–Trinajstić information content (AvgIpc) is 2.88. The topological polar surface area (TPSA) is 54.0 Å². The Morgan fingerprint density at radius 2 is 2.10 bits per heavy atom. The SMILES string of the molecule is Cl.O=C(CCC1CCNCC1)Nc1nc2ccccc2s1. The van der Waals surface area contributed by atoms with Gasteiger partial charge in [-0.25, -0.2) is 4.98 Å². The first-order chi connectivity index (χ1) is 9.81. The van der Waals surface area contributed by atoms with E-state index >= 15 is 0 Å². The molecule has 0 unspecified atom stereocenters. The van der Waals surface area contributed by atoms with E-state index in [-0.39, 0.29) is 18.3 Å². The van der Waals surface area contributed by atoms with Gasteiger partial charge in [0.15, 0.2) is 5.13 Å². The van der Waals surface area contributed by atoms with Gasteiger partial charge in [-0.05, 0) is 50.4 Å². The first-order valence-electron chi connectivity index (χ1n) is 7.17. The summed E-state index contributed by atoms with van der Waals surface area (Å²) in [4.78, 5) is 16.4. The van der Waals surface area contributed by atoms with E-state index in [4.69, 9.17) is 0 Å².